The van der Waals surface area contributed by atoms with Gasteiger partial charge in [-0.1, -0.05) is 49.7 Å². The van der Waals surface area contributed by atoms with E-state index in [0.717, 1.165) is 49.8 Å². The van der Waals surface area contributed by atoms with Crippen molar-refractivity contribution in [3.05, 3.63) is 39.8 Å². The zero-order chi connectivity index (χ0) is 23.6. The van der Waals surface area contributed by atoms with Gasteiger partial charge in [0.25, 0.3) is 11.8 Å². The molecule has 33 heavy (non-hydrogen) atoms. The zero-order valence-corrected chi connectivity index (χ0v) is 18.7. The van der Waals surface area contributed by atoms with Crippen molar-refractivity contribution in [2.45, 2.75) is 70.3 Å². The van der Waals surface area contributed by atoms with Gasteiger partial charge in [-0.3, -0.25) is 29.4 Å². The van der Waals surface area contributed by atoms with Gasteiger partial charge in [-0.2, -0.15) is 0 Å². The van der Waals surface area contributed by atoms with Crippen LogP contribution in [0, 0.1) is 0 Å². The molecule has 0 spiro atoms. The van der Waals surface area contributed by atoms with Gasteiger partial charge in [-0.05, 0) is 36.9 Å². The lowest BCUT2D eigenvalue weighted by atomic mass is 10.0. The minimum absolute atomic E-state index is 0.102. The standard InChI is InChI=1S/C23H30N6O4/c24-28-26-15-8-6-4-2-1-3-5-7-14-25-17-11-9-10-16-20(17)23(33)29(22(16)32)18-12-13-19(30)27-21(18)31/h9-11,18,25H,1-8,12-15H2,(H,27,30,31). The summed E-state index contributed by atoms with van der Waals surface area (Å²) < 4.78 is 0. The number of anilines is 1. The molecule has 0 saturated carbocycles. The maximum atomic E-state index is 13.0. The third-order valence-electron chi connectivity index (χ3n) is 6.03. The Kier molecular flexibility index (Phi) is 8.83. The van der Waals surface area contributed by atoms with Gasteiger partial charge in [0, 0.05) is 30.1 Å². The summed E-state index contributed by atoms with van der Waals surface area (Å²) in [6, 6.07) is 4.14. The lowest BCUT2D eigenvalue weighted by Gasteiger charge is -2.27. The number of hydrogen-bond donors (Lipinski definition) is 2. The summed E-state index contributed by atoms with van der Waals surface area (Å²) in [4.78, 5) is 53.3. The first kappa shape index (κ1) is 24.3. The number of carbonyl (C=O) groups is 4. The first-order valence-corrected chi connectivity index (χ1v) is 11.6. The minimum atomic E-state index is -0.956. The monoisotopic (exact) mass is 454 g/mol. The molecule has 3 rings (SSSR count). The Morgan fingerprint density at radius 3 is 2.39 bits per heavy atom. The van der Waals surface area contributed by atoms with Crippen LogP contribution in [0.15, 0.2) is 23.3 Å². The number of unbranched alkanes of at least 4 members (excludes halogenated alkanes) is 7. The highest BCUT2D eigenvalue weighted by atomic mass is 16.2. The molecule has 2 heterocycles. The van der Waals surface area contributed by atoms with E-state index in [2.05, 4.69) is 20.7 Å². The van der Waals surface area contributed by atoms with E-state index >= 15 is 0 Å². The first-order chi connectivity index (χ1) is 16.0. The Morgan fingerprint density at radius 1 is 1.00 bits per heavy atom. The summed E-state index contributed by atoms with van der Waals surface area (Å²) in [7, 11) is 0. The van der Waals surface area contributed by atoms with Crippen LogP contribution in [0.4, 0.5) is 5.69 Å². The average Bonchev–Trinajstić information content (AvgIpc) is 3.05. The van der Waals surface area contributed by atoms with Crippen LogP contribution in [0.5, 0.6) is 0 Å². The number of fused-ring (bicyclic) bond motifs is 1. The van der Waals surface area contributed by atoms with Crippen molar-refractivity contribution < 1.29 is 19.2 Å². The van der Waals surface area contributed by atoms with Crippen LogP contribution < -0.4 is 10.6 Å². The molecule has 2 aliphatic heterocycles. The van der Waals surface area contributed by atoms with Gasteiger partial charge in [0.15, 0.2) is 0 Å². The van der Waals surface area contributed by atoms with Gasteiger partial charge in [0.05, 0.1) is 11.1 Å². The van der Waals surface area contributed by atoms with E-state index in [9.17, 15) is 19.2 Å². The predicted octanol–water partition coefficient (Wildman–Crippen LogP) is 3.93. The largest absolute Gasteiger partial charge is 0.384 e. The van der Waals surface area contributed by atoms with Crippen molar-refractivity contribution >= 4 is 29.3 Å². The Hall–Kier alpha value is -3.39. The van der Waals surface area contributed by atoms with Crippen molar-refractivity contribution in [3.8, 4) is 0 Å². The van der Waals surface area contributed by atoms with Gasteiger partial charge in [0.2, 0.25) is 11.8 Å². The zero-order valence-electron chi connectivity index (χ0n) is 18.7. The van der Waals surface area contributed by atoms with Crippen molar-refractivity contribution in [3.63, 3.8) is 0 Å². The van der Waals surface area contributed by atoms with E-state index in [-0.39, 0.29) is 24.3 Å². The molecule has 4 amide bonds. The van der Waals surface area contributed by atoms with Crippen LogP contribution in [-0.4, -0.2) is 47.7 Å². The summed E-state index contributed by atoms with van der Waals surface area (Å²) in [6.07, 6.45) is 8.90. The fourth-order valence-corrected chi connectivity index (χ4v) is 4.30. The molecular formula is C23H30N6O4. The third kappa shape index (κ3) is 6.10. The van der Waals surface area contributed by atoms with Gasteiger partial charge >= 0.3 is 0 Å². The number of nitrogens with one attached hydrogen (secondary N) is 2. The molecule has 0 aliphatic carbocycles. The quantitative estimate of drug-likeness (QED) is 0.152. The molecule has 1 aromatic carbocycles. The number of piperidine rings is 1. The van der Waals surface area contributed by atoms with E-state index in [0.29, 0.717) is 24.3 Å². The fourth-order valence-electron chi connectivity index (χ4n) is 4.30. The minimum Gasteiger partial charge on any atom is -0.384 e. The van der Waals surface area contributed by atoms with Crippen molar-refractivity contribution in [1.29, 1.82) is 0 Å². The number of rotatable bonds is 13. The highest BCUT2D eigenvalue weighted by Gasteiger charge is 2.45. The van der Waals surface area contributed by atoms with Gasteiger partial charge in [0.1, 0.15) is 6.04 Å². The average molecular weight is 455 g/mol. The summed E-state index contributed by atoms with van der Waals surface area (Å²) in [5, 5.41) is 9.01. The van der Waals surface area contributed by atoms with Crippen LogP contribution in [0.1, 0.15) is 84.9 Å². The molecule has 2 N–H and O–H groups in total. The molecule has 2 aliphatic rings. The van der Waals surface area contributed by atoms with Crippen molar-refractivity contribution in [2.24, 2.45) is 5.11 Å². The molecule has 1 aromatic rings. The Bertz CT molecular complexity index is 956. The maximum Gasteiger partial charge on any atom is 0.264 e. The summed E-state index contributed by atoms with van der Waals surface area (Å²) in [6.45, 7) is 1.26. The Balaban J connectivity index is 1.44. The molecule has 176 valence electrons. The number of imide groups is 2. The molecule has 1 saturated heterocycles. The Morgan fingerprint density at radius 2 is 1.70 bits per heavy atom. The third-order valence-corrected chi connectivity index (χ3v) is 6.03. The second-order valence-corrected chi connectivity index (χ2v) is 8.39. The molecule has 0 radical (unpaired) electrons. The van der Waals surface area contributed by atoms with E-state index < -0.39 is 23.8 Å². The molecule has 0 bridgehead atoms. The molecule has 1 atom stereocenters. The second-order valence-electron chi connectivity index (χ2n) is 8.39. The van der Waals surface area contributed by atoms with E-state index in [1.807, 2.05) is 0 Å². The van der Waals surface area contributed by atoms with Crippen LogP contribution in [0.3, 0.4) is 0 Å². The van der Waals surface area contributed by atoms with E-state index in [4.69, 9.17) is 5.53 Å². The number of carbonyl (C=O) groups excluding carboxylic acids is 4. The van der Waals surface area contributed by atoms with E-state index in [1.165, 1.54) is 6.42 Å². The van der Waals surface area contributed by atoms with Gasteiger partial charge in [-0.25, -0.2) is 0 Å². The van der Waals surface area contributed by atoms with E-state index in [1.54, 1.807) is 18.2 Å². The number of azide groups is 1. The normalized spacial score (nSPS) is 17.6. The molecule has 1 unspecified atom stereocenters. The molecule has 1 fully saturated rings. The topological polar surface area (TPSA) is 144 Å². The van der Waals surface area contributed by atoms with Gasteiger partial charge < -0.3 is 5.32 Å². The summed E-state index contributed by atoms with van der Waals surface area (Å²) in [5.41, 5.74) is 9.42. The van der Waals surface area contributed by atoms with Gasteiger partial charge in [-0.15, -0.1) is 0 Å². The smallest absolute Gasteiger partial charge is 0.264 e. The molecule has 10 heteroatoms. The Labute approximate surface area is 192 Å². The van der Waals surface area contributed by atoms with Crippen molar-refractivity contribution in [1.82, 2.24) is 10.2 Å². The highest BCUT2D eigenvalue weighted by molar-refractivity contribution is 6.25. The van der Waals surface area contributed by atoms with Crippen molar-refractivity contribution in [2.75, 3.05) is 18.4 Å². The predicted molar refractivity (Wildman–Crippen MR) is 123 cm³/mol. The number of amides is 4. The summed E-state index contributed by atoms with van der Waals surface area (Å²) >= 11 is 0. The maximum absolute atomic E-state index is 13.0. The second kappa shape index (κ2) is 12.0. The number of nitrogens with zero attached hydrogens (tertiary/aromatic N) is 4. The van der Waals surface area contributed by atoms with Crippen LogP contribution in [0.25, 0.3) is 10.4 Å². The van der Waals surface area contributed by atoms with Crippen LogP contribution >= 0.6 is 0 Å². The highest BCUT2D eigenvalue weighted by Crippen LogP contribution is 2.32. The summed E-state index contributed by atoms with van der Waals surface area (Å²) in [5.74, 6) is -1.98. The SMILES string of the molecule is [N-]=[N+]=NCCCCCCCCCCNc1cccc2c1C(=O)N(C1CCC(=O)NC1=O)C2=O. The van der Waals surface area contributed by atoms with Crippen LogP contribution in [0.2, 0.25) is 0 Å². The molecule has 0 aromatic heterocycles. The lowest BCUT2D eigenvalue weighted by Crippen LogP contribution is -2.54. The van der Waals surface area contributed by atoms with Crippen LogP contribution in [-0.2, 0) is 9.59 Å². The number of benzene rings is 1. The number of hydrogen-bond acceptors (Lipinski definition) is 6. The molecule has 10 nitrogen and oxygen atoms in total. The lowest BCUT2D eigenvalue weighted by molar-refractivity contribution is -0.136. The fraction of sp³-hybridized carbons (Fsp3) is 0.565. The first-order valence-electron chi connectivity index (χ1n) is 11.6. The molecular weight excluding hydrogens is 424 g/mol.